The summed E-state index contributed by atoms with van der Waals surface area (Å²) in [4.78, 5) is 0. The van der Waals surface area contributed by atoms with E-state index in [1.54, 1.807) is 0 Å². The summed E-state index contributed by atoms with van der Waals surface area (Å²) in [5, 5.41) is 8.97. The highest BCUT2D eigenvalue weighted by Gasteiger charge is 2.34. The smallest absolute Gasteiger partial charge is 0.389 e. The first-order valence-corrected chi connectivity index (χ1v) is 7.04. The number of hydrogen-bond donors (Lipinski definition) is 1. The van der Waals surface area contributed by atoms with Gasteiger partial charge >= 0.3 is 6.18 Å². The zero-order chi connectivity index (χ0) is 13.1. The Morgan fingerprint density at radius 1 is 1.35 bits per heavy atom. The molecular formula is C9H16F3NO3S. The van der Waals surface area contributed by atoms with E-state index in [0.717, 1.165) is 4.31 Å². The van der Waals surface area contributed by atoms with Gasteiger partial charge in [0.15, 0.2) is 0 Å². The summed E-state index contributed by atoms with van der Waals surface area (Å²) in [6.07, 6.45) is -4.64. The van der Waals surface area contributed by atoms with Crippen LogP contribution in [0.2, 0.25) is 0 Å². The fourth-order valence-corrected chi connectivity index (χ4v) is 3.71. The molecule has 1 aliphatic rings. The van der Waals surface area contributed by atoms with Crippen molar-refractivity contribution in [2.45, 2.75) is 37.9 Å². The molecule has 0 aromatic rings. The third kappa shape index (κ3) is 4.44. The third-order valence-corrected chi connectivity index (χ3v) is 4.75. The second-order valence-electron chi connectivity index (χ2n) is 4.12. The summed E-state index contributed by atoms with van der Waals surface area (Å²) in [7, 11) is -3.67. The van der Waals surface area contributed by atoms with E-state index in [1.807, 2.05) is 0 Å². The van der Waals surface area contributed by atoms with Crippen LogP contribution < -0.4 is 0 Å². The lowest BCUT2D eigenvalue weighted by Crippen LogP contribution is -2.39. The highest BCUT2D eigenvalue weighted by atomic mass is 32.2. The molecule has 8 heteroatoms. The Balaban J connectivity index is 2.51. The number of halogens is 3. The summed E-state index contributed by atoms with van der Waals surface area (Å²) in [5.41, 5.74) is 0. The number of sulfonamides is 1. The van der Waals surface area contributed by atoms with Crippen LogP contribution in [0.5, 0.6) is 0 Å². The molecule has 1 fully saturated rings. The molecule has 4 nitrogen and oxygen atoms in total. The Labute approximate surface area is 98.5 Å². The van der Waals surface area contributed by atoms with E-state index in [4.69, 9.17) is 5.11 Å². The van der Waals surface area contributed by atoms with Crippen LogP contribution in [0.1, 0.15) is 25.7 Å². The van der Waals surface area contributed by atoms with E-state index in [2.05, 4.69) is 0 Å². The lowest BCUT2D eigenvalue weighted by Gasteiger charge is -2.22. The van der Waals surface area contributed by atoms with Gasteiger partial charge in [-0.2, -0.15) is 17.5 Å². The van der Waals surface area contributed by atoms with Crippen molar-refractivity contribution in [3.8, 4) is 0 Å². The number of hydrogen-bond acceptors (Lipinski definition) is 3. The monoisotopic (exact) mass is 275 g/mol. The predicted octanol–water partition coefficient (Wildman–Crippen LogP) is 1.12. The standard InChI is InChI=1S/C9H16F3NO3S/c10-9(11,12)4-2-6-17(15,16)13-5-1-3-8(13)7-14/h8,14H,1-7H2/t8-/m0/s1. The maximum absolute atomic E-state index is 11.9. The molecule has 0 unspecified atom stereocenters. The fourth-order valence-electron chi connectivity index (χ4n) is 1.93. The quantitative estimate of drug-likeness (QED) is 0.818. The van der Waals surface area contributed by atoms with E-state index in [9.17, 15) is 21.6 Å². The molecule has 1 N–H and O–H groups in total. The molecule has 0 bridgehead atoms. The van der Waals surface area contributed by atoms with Crippen molar-refractivity contribution in [2.24, 2.45) is 0 Å². The number of aliphatic hydroxyl groups is 1. The maximum atomic E-state index is 11.9. The Morgan fingerprint density at radius 2 is 2.00 bits per heavy atom. The topological polar surface area (TPSA) is 57.6 Å². The zero-order valence-corrected chi connectivity index (χ0v) is 10.1. The molecule has 1 rings (SSSR count). The maximum Gasteiger partial charge on any atom is 0.389 e. The van der Waals surface area contributed by atoms with Crippen molar-refractivity contribution in [3.05, 3.63) is 0 Å². The molecule has 1 saturated heterocycles. The van der Waals surface area contributed by atoms with Crippen molar-refractivity contribution in [3.63, 3.8) is 0 Å². The summed E-state index contributed by atoms with van der Waals surface area (Å²) < 4.78 is 60.3. The van der Waals surface area contributed by atoms with Gasteiger partial charge in [-0.1, -0.05) is 0 Å². The third-order valence-electron chi connectivity index (χ3n) is 2.75. The Kier molecular flexibility index (Phi) is 4.79. The summed E-state index contributed by atoms with van der Waals surface area (Å²) in [5.74, 6) is -0.511. The van der Waals surface area contributed by atoms with Gasteiger partial charge in [-0.05, 0) is 19.3 Å². The first kappa shape index (κ1) is 14.7. The molecule has 0 aromatic carbocycles. The van der Waals surface area contributed by atoms with E-state index in [-0.39, 0.29) is 6.61 Å². The van der Waals surface area contributed by atoms with Crippen LogP contribution in [-0.4, -0.2) is 49.0 Å². The Morgan fingerprint density at radius 3 is 2.53 bits per heavy atom. The molecule has 0 spiro atoms. The van der Waals surface area contributed by atoms with E-state index < -0.39 is 40.8 Å². The van der Waals surface area contributed by atoms with Crippen LogP contribution in [0.3, 0.4) is 0 Å². The fraction of sp³-hybridized carbons (Fsp3) is 1.00. The van der Waals surface area contributed by atoms with Crippen LogP contribution in [0.15, 0.2) is 0 Å². The van der Waals surface area contributed by atoms with Crippen molar-refractivity contribution in [1.82, 2.24) is 4.31 Å². The molecule has 17 heavy (non-hydrogen) atoms. The van der Waals surface area contributed by atoms with Gasteiger partial charge in [0.25, 0.3) is 0 Å². The van der Waals surface area contributed by atoms with Crippen LogP contribution in [0.25, 0.3) is 0 Å². The Bertz CT molecular complexity index is 342. The first-order chi connectivity index (χ1) is 7.76. The van der Waals surface area contributed by atoms with Gasteiger partial charge in [0.1, 0.15) is 0 Å². The minimum Gasteiger partial charge on any atom is -0.395 e. The van der Waals surface area contributed by atoms with E-state index >= 15 is 0 Å². The van der Waals surface area contributed by atoms with Gasteiger partial charge in [0.05, 0.1) is 12.4 Å². The molecule has 0 radical (unpaired) electrons. The predicted molar refractivity (Wildman–Crippen MR) is 55.9 cm³/mol. The van der Waals surface area contributed by atoms with Gasteiger partial charge < -0.3 is 5.11 Å². The average molecular weight is 275 g/mol. The lowest BCUT2D eigenvalue weighted by atomic mass is 10.2. The minimum absolute atomic E-state index is 0.279. The van der Waals surface area contributed by atoms with Crippen LogP contribution in [-0.2, 0) is 10.0 Å². The molecule has 1 heterocycles. The SMILES string of the molecule is O=S(=O)(CCCC(F)(F)F)N1CCC[C@H]1CO. The number of aliphatic hydroxyl groups excluding tert-OH is 1. The average Bonchev–Trinajstić information content (AvgIpc) is 2.63. The molecule has 102 valence electrons. The molecular weight excluding hydrogens is 259 g/mol. The van der Waals surface area contributed by atoms with Gasteiger partial charge in [0.2, 0.25) is 10.0 Å². The number of alkyl halides is 3. The summed E-state index contributed by atoms with van der Waals surface area (Å²) in [6.45, 7) is 0.0120. The normalized spacial score (nSPS) is 23.2. The van der Waals surface area contributed by atoms with Crippen molar-refractivity contribution in [2.75, 3.05) is 18.9 Å². The molecule has 0 aliphatic carbocycles. The second kappa shape index (κ2) is 5.53. The first-order valence-electron chi connectivity index (χ1n) is 5.43. The lowest BCUT2D eigenvalue weighted by molar-refractivity contribution is -0.134. The highest BCUT2D eigenvalue weighted by molar-refractivity contribution is 7.89. The van der Waals surface area contributed by atoms with Gasteiger partial charge in [0, 0.05) is 19.0 Å². The minimum atomic E-state index is -4.32. The largest absolute Gasteiger partial charge is 0.395 e. The van der Waals surface area contributed by atoms with Crippen molar-refractivity contribution in [1.29, 1.82) is 0 Å². The van der Waals surface area contributed by atoms with Crippen molar-refractivity contribution < 1.29 is 26.7 Å². The van der Waals surface area contributed by atoms with Gasteiger partial charge in [-0.15, -0.1) is 0 Å². The molecule has 1 atom stereocenters. The molecule has 1 aliphatic heterocycles. The van der Waals surface area contributed by atoms with Crippen LogP contribution in [0.4, 0.5) is 13.2 Å². The van der Waals surface area contributed by atoms with E-state index in [0.29, 0.717) is 19.4 Å². The number of rotatable bonds is 5. The Hall–Kier alpha value is -0.340. The molecule has 0 aromatic heterocycles. The van der Waals surface area contributed by atoms with Crippen molar-refractivity contribution >= 4 is 10.0 Å². The molecule has 0 amide bonds. The van der Waals surface area contributed by atoms with Gasteiger partial charge in [-0.3, -0.25) is 0 Å². The van der Waals surface area contributed by atoms with Crippen LogP contribution in [0, 0.1) is 0 Å². The van der Waals surface area contributed by atoms with Crippen LogP contribution >= 0.6 is 0 Å². The second-order valence-corrected chi connectivity index (χ2v) is 6.17. The zero-order valence-electron chi connectivity index (χ0n) is 9.28. The highest BCUT2D eigenvalue weighted by Crippen LogP contribution is 2.24. The van der Waals surface area contributed by atoms with E-state index in [1.165, 1.54) is 0 Å². The van der Waals surface area contributed by atoms with Gasteiger partial charge in [-0.25, -0.2) is 8.42 Å². The summed E-state index contributed by atoms with van der Waals surface area (Å²) in [6, 6.07) is -0.467. The molecule has 0 saturated carbocycles. The number of nitrogens with zero attached hydrogens (tertiary/aromatic N) is 1. The summed E-state index contributed by atoms with van der Waals surface area (Å²) >= 11 is 0.